The molecule has 6 heteroatoms. The van der Waals surface area contributed by atoms with Crippen molar-refractivity contribution < 1.29 is 23.8 Å². The first-order valence-electron chi connectivity index (χ1n) is 6.07. The van der Waals surface area contributed by atoms with Gasteiger partial charge in [-0.1, -0.05) is 0 Å². The van der Waals surface area contributed by atoms with Crippen LogP contribution in [0.5, 0.6) is 17.2 Å². The lowest BCUT2D eigenvalue weighted by molar-refractivity contribution is 0.102. The molecule has 0 aliphatic heterocycles. The average Bonchev–Trinajstić information content (AvgIpc) is 2.46. The Morgan fingerprint density at radius 1 is 1.14 bits per heavy atom. The molecule has 0 aromatic heterocycles. The number of nitrogens with one attached hydrogen (secondary N) is 1. The Balaban J connectivity index is 2.30. The van der Waals surface area contributed by atoms with Gasteiger partial charge in [0.2, 0.25) is 0 Å². The number of ether oxygens (including phenoxy) is 2. The molecule has 0 unspecified atom stereocenters. The third-order valence-corrected chi connectivity index (χ3v) is 2.85. The Morgan fingerprint density at radius 3 is 2.52 bits per heavy atom. The van der Waals surface area contributed by atoms with E-state index in [1.165, 1.54) is 26.4 Å². The van der Waals surface area contributed by atoms with Crippen LogP contribution in [0, 0.1) is 5.82 Å². The second-order valence-corrected chi connectivity index (χ2v) is 4.18. The maximum absolute atomic E-state index is 13.7. The van der Waals surface area contributed by atoms with E-state index in [0.717, 1.165) is 6.07 Å². The summed E-state index contributed by atoms with van der Waals surface area (Å²) in [5, 5.41) is 11.7. The Bertz CT molecular complexity index is 673. The lowest BCUT2D eigenvalue weighted by Crippen LogP contribution is -2.14. The van der Waals surface area contributed by atoms with Crippen LogP contribution in [-0.4, -0.2) is 25.2 Å². The highest BCUT2D eigenvalue weighted by Gasteiger charge is 2.15. The average molecular weight is 291 g/mol. The van der Waals surface area contributed by atoms with Gasteiger partial charge in [-0.05, 0) is 24.3 Å². The molecule has 0 bridgehead atoms. The predicted molar refractivity (Wildman–Crippen MR) is 75.6 cm³/mol. The molecular weight excluding hydrogens is 277 g/mol. The number of halogens is 1. The molecule has 0 radical (unpaired) electrons. The van der Waals surface area contributed by atoms with Crippen molar-refractivity contribution in [2.45, 2.75) is 0 Å². The highest BCUT2D eigenvalue weighted by atomic mass is 19.1. The second-order valence-electron chi connectivity index (χ2n) is 4.18. The number of anilines is 1. The fourth-order valence-electron chi connectivity index (χ4n) is 1.79. The van der Waals surface area contributed by atoms with Gasteiger partial charge in [-0.15, -0.1) is 0 Å². The van der Waals surface area contributed by atoms with Crippen LogP contribution in [0.4, 0.5) is 10.1 Å². The van der Waals surface area contributed by atoms with Gasteiger partial charge in [0.25, 0.3) is 5.91 Å². The molecule has 0 atom stereocenters. The lowest BCUT2D eigenvalue weighted by Gasteiger charge is -2.12. The highest BCUT2D eigenvalue weighted by Crippen LogP contribution is 2.29. The number of methoxy groups -OCH3 is 2. The van der Waals surface area contributed by atoms with Crippen molar-refractivity contribution in [3.63, 3.8) is 0 Å². The van der Waals surface area contributed by atoms with E-state index in [2.05, 4.69) is 5.32 Å². The zero-order valence-corrected chi connectivity index (χ0v) is 11.5. The summed E-state index contributed by atoms with van der Waals surface area (Å²) >= 11 is 0. The molecule has 1 amide bonds. The van der Waals surface area contributed by atoms with E-state index in [1.54, 1.807) is 18.2 Å². The summed E-state index contributed by atoms with van der Waals surface area (Å²) in [7, 11) is 2.95. The van der Waals surface area contributed by atoms with Crippen molar-refractivity contribution in [2.75, 3.05) is 19.5 Å². The highest BCUT2D eigenvalue weighted by molar-refractivity contribution is 6.05. The SMILES string of the molecule is COc1ccc(OC)c(NC(=O)c2ccc(O)cc2F)c1. The second kappa shape index (κ2) is 6.13. The summed E-state index contributed by atoms with van der Waals surface area (Å²) in [4.78, 5) is 12.1. The maximum Gasteiger partial charge on any atom is 0.258 e. The van der Waals surface area contributed by atoms with Gasteiger partial charge in [0.15, 0.2) is 0 Å². The van der Waals surface area contributed by atoms with Crippen molar-refractivity contribution in [3.05, 3.63) is 47.8 Å². The quantitative estimate of drug-likeness (QED) is 0.909. The third kappa shape index (κ3) is 3.22. The van der Waals surface area contributed by atoms with E-state index < -0.39 is 11.7 Å². The number of phenolic OH excluding ortho intramolecular Hbond substituents is 1. The number of rotatable bonds is 4. The zero-order valence-electron chi connectivity index (χ0n) is 11.5. The van der Waals surface area contributed by atoms with Crippen molar-refractivity contribution >= 4 is 11.6 Å². The normalized spacial score (nSPS) is 10.0. The predicted octanol–water partition coefficient (Wildman–Crippen LogP) is 2.80. The smallest absolute Gasteiger partial charge is 0.258 e. The molecule has 0 heterocycles. The Kier molecular flexibility index (Phi) is 4.27. The van der Waals surface area contributed by atoms with E-state index in [0.29, 0.717) is 17.2 Å². The molecule has 0 aliphatic carbocycles. The van der Waals surface area contributed by atoms with E-state index in [1.807, 2.05) is 0 Å². The minimum atomic E-state index is -0.811. The van der Waals surface area contributed by atoms with Gasteiger partial charge in [0, 0.05) is 12.1 Å². The number of amides is 1. The van der Waals surface area contributed by atoms with Gasteiger partial charge < -0.3 is 19.9 Å². The van der Waals surface area contributed by atoms with Crippen molar-refractivity contribution in [1.82, 2.24) is 0 Å². The summed E-state index contributed by atoms with van der Waals surface area (Å²) in [5.41, 5.74) is 0.173. The number of benzene rings is 2. The van der Waals surface area contributed by atoms with Crippen molar-refractivity contribution in [3.8, 4) is 17.2 Å². The number of hydrogen-bond donors (Lipinski definition) is 2. The first kappa shape index (κ1) is 14.6. The summed E-state index contributed by atoms with van der Waals surface area (Å²) in [6, 6.07) is 8.18. The van der Waals surface area contributed by atoms with Gasteiger partial charge in [-0.25, -0.2) is 4.39 Å². The number of aromatic hydroxyl groups is 1. The van der Waals surface area contributed by atoms with E-state index in [-0.39, 0.29) is 11.3 Å². The van der Waals surface area contributed by atoms with Gasteiger partial charge in [-0.2, -0.15) is 0 Å². The van der Waals surface area contributed by atoms with Crippen molar-refractivity contribution in [2.24, 2.45) is 0 Å². The van der Waals surface area contributed by atoms with Crippen LogP contribution in [-0.2, 0) is 0 Å². The molecule has 0 aliphatic rings. The summed E-state index contributed by atoms with van der Waals surface area (Å²) in [6.45, 7) is 0. The number of carbonyl (C=O) groups is 1. The van der Waals surface area contributed by atoms with E-state index in [9.17, 15) is 9.18 Å². The topological polar surface area (TPSA) is 67.8 Å². The van der Waals surface area contributed by atoms with Gasteiger partial charge >= 0.3 is 0 Å². The van der Waals surface area contributed by atoms with Gasteiger partial charge in [0.1, 0.15) is 23.1 Å². The molecule has 0 spiro atoms. The van der Waals surface area contributed by atoms with Crippen molar-refractivity contribution in [1.29, 1.82) is 0 Å². The standard InChI is InChI=1S/C15H14FNO4/c1-20-10-4-6-14(21-2)13(8-10)17-15(19)11-5-3-9(18)7-12(11)16/h3-8,18H,1-2H3,(H,17,19). The van der Waals surface area contributed by atoms with Crippen LogP contribution < -0.4 is 14.8 Å². The monoisotopic (exact) mass is 291 g/mol. The van der Waals surface area contributed by atoms with Crippen LogP contribution in [0.1, 0.15) is 10.4 Å². The lowest BCUT2D eigenvalue weighted by atomic mass is 10.1. The molecule has 2 rings (SSSR count). The minimum Gasteiger partial charge on any atom is -0.508 e. The zero-order chi connectivity index (χ0) is 15.4. The number of phenols is 1. The Morgan fingerprint density at radius 2 is 1.90 bits per heavy atom. The summed E-state index contributed by atoms with van der Waals surface area (Å²) < 4.78 is 23.8. The van der Waals surface area contributed by atoms with Gasteiger partial charge in [-0.3, -0.25) is 4.79 Å². The fraction of sp³-hybridized carbons (Fsp3) is 0.133. The Labute approximate surface area is 120 Å². The molecule has 5 nitrogen and oxygen atoms in total. The number of carbonyl (C=O) groups excluding carboxylic acids is 1. The molecule has 0 saturated heterocycles. The molecule has 0 fully saturated rings. The molecule has 2 N–H and O–H groups in total. The molecule has 2 aromatic carbocycles. The minimum absolute atomic E-state index is 0.183. The largest absolute Gasteiger partial charge is 0.508 e. The third-order valence-electron chi connectivity index (χ3n) is 2.85. The first-order valence-corrected chi connectivity index (χ1v) is 6.07. The maximum atomic E-state index is 13.7. The molecular formula is C15H14FNO4. The first-order chi connectivity index (χ1) is 10.0. The molecule has 21 heavy (non-hydrogen) atoms. The summed E-state index contributed by atoms with van der Waals surface area (Å²) in [6.07, 6.45) is 0. The van der Waals surface area contributed by atoms with Crippen LogP contribution in [0.25, 0.3) is 0 Å². The molecule has 0 saturated carbocycles. The van der Waals surface area contributed by atoms with Crippen LogP contribution in [0.15, 0.2) is 36.4 Å². The molecule has 2 aromatic rings. The van der Waals surface area contributed by atoms with Crippen LogP contribution in [0.2, 0.25) is 0 Å². The summed E-state index contributed by atoms with van der Waals surface area (Å²) in [5.74, 6) is -0.767. The van der Waals surface area contributed by atoms with Crippen LogP contribution in [0.3, 0.4) is 0 Å². The van der Waals surface area contributed by atoms with Crippen LogP contribution >= 0.6 is 0 Å². The Hall–Kier alpha value is -2.76. The van der Waals surface area contributed by atoms with E-state index >= 15 is 0 Å². The number of hydrogen-bond acceptors (Lipinski definition) is 4. The molecule has 110 valence electrons. The van der Waals surface area contributed by atoms with E-state index in [4.69, 9.17) is 14.6 Å². The fourth-order valence-corrected chi connectivity index (χ4v) is 1.79. The van der Waals surface area contributed by atoms with Gasteiger partial charge in [0.05, 0.1) is 25.5 Å².